The van der Waals surface area contributed by atoms with Gasteiger partial charge in [0.25, 0.3) is 5.91 Å². The van der Waals surface area contributed by atoms with E-state index in [1.165, 1.54) is 32.4 Å². The predicted molar refractivity (Wildman–Crippen MR) is 105 cm³/mol. The zero-order valence-electron chi connectivity index (χ0n) is 16.9. The lowest BCUT2D eigenvalue weighted by atomic mass is 10.0. The summed E-state index contributed by atoms with van der Waals surface area (Å²) in [4.78, 5) is 17.8. The zero-order chi connectivity index (χ0) is 19.1. The van der Waals surface area contributed by atoms with Crippen molar-refractivity contribution in [2.45, 2.75) is 45.6 Å². The van der Waals surface area contributed by atoms with E-state index in [-0.39, 0.29) is 5.91 Å². The highest BCUT2D eigenvalue weighted by molar-refractivity contribution is 5.94. The van der Waals surface area contributed by atoms with Crippen molar-refractivity contribution >= 4 is 5.91 Å². The van der Waals surface area contributed by atoms with Crippen LogP contribution in [0.4, 0.5) is 0 Å². The van der Waals surface area contributed by atoms with Crippen LogP contribution >= 0.6 is 0 Å². The lowest BCUT2D eigenvalue weighted by Crippen LogP contribution is -2.49. The minimum atomic E-state index is 0.0966. The van der Waals surface area contributed by atoms with Crippen molar-refractivity contribution in [3.8, 4) is 11.3 Å². The molecule has 2 aliphatic heterocycles. The molecule has 0 aliphatic carbocycles. The molecule has 0 spiro atoms. The number of hydrogen-bond acceptors (Lipinski definition) is 4. The largest absolute Gasteiger partial charge is 0.336 e. The second kappa shape index (κ2) is 7.11. The molecular formula is C20H30N6O. The smallest absolute Gasteiger partial charge is 0.272 e. The van der Waals surface area contributed by atoms with E-state index in [9.17, 15) is 4.79 Å². The first kappa shape index (κ1) is 18.2. The van der Waals surface area contributed by atoms with Crippen molar-refractivity contribution in [1.82, 2.24) is 29.4 Å². The molecule has 4 rings (SSSR count). The van der Waals surface area contributed by atoms with Crippen LogP contribution in [-0.4, -0.2) is 67.5 Å². The van der Waals surface area contributed by atoms with E-state index in [4.69, 9.17) is 0 Å². The number of nitrogens with zero attached hydrogens (tertiary/aromatic N) is 6. The molecule has 4 heterocycles. The van der Waals surface area contributed by atoms with Gasteiger partial charge in [0.15, 0.2) is 0 Å². The van der Waals surface area contributed by atoms with E-state index in [0.29, 0.717) is 11.7 Å². The molecule has 0 radical (unpaired) electrons. The molecule has 7 nitrogen and oxygen atoms in total. The van der Waals surface area contributed by atoms with Crippen molar-refractivity contribution in [2.24, 2.45) is 14.1 Å². The fraction of sp³-hybridized carbons (Fsp3) is 0.650. The topological polar surface area (TPSA) is 59.2 Å². The van der Waals surface area contributed by atoms with Crippen molar-refractivity contribution < 1.29 is 4.79 Å². The summed E-state index contributed by atoms with van der Waals surface area (Å²) in [5, 5.41) is 9.11. The Hall–Kier alpha value is -2.15. The minimum Gasteiger partial charge on any atom is -0.336 e. The number of amides is 1. The van der Waals surface area contributed by atoms with Gasteiger partial charge in [-0.1, -0.05) is 0 Å². The van der Waals surface area contributed by atoms with Gasteiger partial charge in [-0.05, 0) is 58.7 Å². The summed E-state index contributed by atoms with van der Waals surface area (Å²) in [6.45, 7) is 8.07. The number of aryl methyl sites for hydroxylation is 3. The summed E-state index contributed by atoms with van der Waals surface area (Å²) >= 11 is 0. The van der Waals surface area contributed by atoms with Crippen LogP contribution in [0.3, 0.4) is 0 Å². The molecule has 1 unspecified atom stereocenters. The first-order valence-electron chi connectivity index (χ1n) is 10.0. The summed E-state index contributed by atoms with van der Waals surface area (Å²) in [7, 11) is 3.80. The number of likely N-dealkylation sites (tertiary alicyclic amines) is 2. The molecule has 7 heteroatoms. The highest BCUT2D eigenvalue weighted by atomic mass is 16.2. The van der Waals surface area contributed by atoms with E-state index in [1.54, 1.807) is 4.68 Å². The first-order valence-corrected chi connectivity index (χ1v) is 10.0. The molecule has 0 saturated carbocycles. The lowest BCUT2D eigenvalue weighted by molar-refractivity contribution is 0.0597. The van der Waals surface area contributed by atoms with Crippen LogP contribution < -0.4 is 0 Å². The highest BCUT2D eigenvalue weighted by Crippen LogP contribution is 2.27. The van der Waals surface area contributed by atoms with Crippen molar-refractivity contribution in [1.29, 1.82) is 0 Å². The van der Waals surface area contributed by atoms with Gasteiger partial charge in [-0.3, -0.25) is 19.1 Å². The fourth-order valence-electron chi connectivity index (χ4n) is 4.64. The van der Waals surface area contributed by atoms with E-state index in [0.717, 1.165) is 42.2 Å². The van der Waals surface area contributed by atoms with Gasteiger partial charge in [0.05, 0.1) is 11.4 Å². The molecule has 1 amide bonds. The molecule has 27 heavy (non-hydrogen) atoms. The molecule has 2 saturated heterocycles. The quantitative estimate of drug-likeness (QED) is 0.831. The van der Waals surface area contributed by atoms with Crippen LogP contribution in [-0.2, 0) is 14.1 Å². The Bertz CT molecular complexity index is 845. The number of rotatable bonds is 3. The standard InChI is InChI=1S/C20H30N6O/c1-14-19(15(2)23(3)21-14)17-12-18(24(4)22-17)20(27)26-11-7-8-16(13-26)25-9-5-6-10-25/h12,16H,5-11,13H2,1-4H3. The van der Waals surface area contributed by atoms with E-state index < -0.39 is 0 Å². The third kappa shape index (κ3) is 3.29. The van der Waals surface area contributed by atoms with Gasteiger partial charge >= 0.3 is 0 Å². The van der Waals surface area contributed by atoms with E-state index in [1.807, 2.05) is 43.6 Å². The average Bonchev–Trinajstić information content (AvgIpc) is 3.36. The number of carbonyl (C=O) groups excluding carboxylic acids is 1. The number of aromatic nitrogens is 4. The Kier molecular flexibility index (Phi) is 4.80. The Balaban J connectivity index is 1.56. The van der Waals surface area contributed by atoms with Crippen LogP contribution in [0.1, 0.15) is 47.6 Å². The molecule has 0 bridgehead atoms. The third-order valence-electron chi connectivity index (χ3n) is 6.20. The second-order valence-electron chi connectivity index (χ2n) is 8.00. The fourth-order valence-corrected chi connectivity index (χ4v) is 4.64. The minimum absolute atomic E-state index is 0.0966. The van der Waals surface area contributed by atoms with Crippen LogP contribution in [0, 0.1) is 13.8 Å². The van der Waals surface area contributed by atoms with E-state index >= 15 is 0 Å². The molecule has 0 N–H and O–H groups in total. The summed E-state index contributed by atoms with van der Waals surface area (Å²) in [5.41, 5.74) is 4.53. The Morgan fingerprint density at radius 3 is 2.44 bits per heavy atom. The van der Waals surface area contributed by atoms with Gasteiger partial charge in [0.2, 0.25) is 0 Å². The van der Waals surface area contributed by atoms with Gasteiger partial charge in [-0.15, -0.1) is 0 Å². The van der Waals surface area contributed by atoms with Crippen molar-refractivity contribution in [3.05, 3.63) is 23.1 Å². The number of hydrogen-bond donors (Lipinski definition) is 0. The van der Waals surface area contributed by atoms with Crippen molar-refractivity contribution in [2.75, 3.05) is 26.2 Å². The molecule has 2 aliphatic rings. The van der Waals surface area contributed by atoms with Crippen LogP contribution in [0.25, 0.3) is 11.3 Å². The average molecular weight is 371 g/mol. The Labute approximate surface area is 160 Å². The normalized spacial score (nSPS) is 21.2. The number of piperidine rings is 1. The number of carbonyl (C=O) groups is 1. The predicted octanol–water partition coefficient (Wildman–Crippen LogP) is 2.14. The highest BCUT2D eigenvalue weighted by Gasteiger charge is 2.31. The maximum atomic E-state index is 13.2. The molecule has 2 aromatic rings. The summed E-state index contributed by atoms with van der Waals surface area (Å²) in [6.07, 6.45) is 4.87. The van der Waals surface area contributed by atoms with Crippen LogP contribution in [0.2, 0.25) is 0 Å². The van der Waals surface area contributed by atoms with Gasteiger partial charge in [0.1, 0.15) is 5.69 Å². The molecular weight excluding hydrogens is 340 g/mol. The second-order valence-corrected chi connectivity index (χ2v) is 8.00. The maximum Gasteiger partial charge on any atom is 0.272 e. The summed E-state index contributed by atoms with van der Waals surface area (Å²) < 4.78 is 3.59. The zero-order valence-corrected chi connectivity index (χ0v) is 16.9. The monoisotopic (exact) mass is 370 g/mol. The molecule has 1 atom stereocenters. The molecule has 146 valence electrons. The van der Waals surface area contributed by atoms with Gasteiger partial charge in [-0.2, -0.15) is 10.2 Å². The Morgan fingerprint density at radius 2 is 1.78 bits per heavy atom. The van der Waals surface area contributed by atoms with Crippen LogP contribution in [0.15, 0.2) is 6.07 Å². The Morgan fingerprint density at radius 1 is 1.04 bits per heavy atom. The summed E-state index contributed by atoms with van der Waals surface area (Å²) in [5.74, 6) is 0.0966. The van der Waals surface area contributed by atoms with Crippen molar-refractivity contribution in [3.63, 3.8) is 0 Å². The molecule has 2 aromatic heterocycles. The summed E-state index contributed by atoms with van der Waals surface area (Å²) in [6, 6.07) is 2.44. The van der Waals surface area contributed by atoms with Gasteiger partial charge < -0.3 is 4.90 Å². The maximum absolute atomic E-state index is 13.2. The van der Waals surface area contributed by atoms with Crippen LogP contribution in [0.5, 0.6) is 0 Å². The lowest BCUT2D eigenvalue weighted by Gasteiger charge is -2.37. The third-order valence-corrected chi connectivity index (χ3v) is 6.20. The SMILES string of the molecule is Cc1nn(C)c(C)c1-c1cc(C(=O)N2CCCC(N3CCCC3)C2)n(C)n1. The van der Waals surface area contributed by atoms with Gasteiger partial charge in [-0.25, -0.2) is 0 Å². The first-order chi connectivity index (χ1) is 13.0. The van der Waals surface area contributed by atoms with E-state index in [2.05, 4.69) is 15.1 Å². The van der Waals surface area contributed by atoms with Gasteiger partial charge in [0, 0.05) is 44.5 Å². The molecule has 0 aromatic carbocycles. The molecule has 2 fully saturated rings.